The van der Waals surface area contributed by atoms with Crippen LogP contribution >= 0.6 is 0 Å². The van der Waals surface area contributed by atoms with Gasteiger partial charge in [-0.2, -0.15) is 0 Å². The van der Waals surface area contributed by atoms with Gasteiger partial charge >= 0.3 is 0 Å². The van der Waals surface area contributed by atoms with E-state index >= 15 is 0 Å². The highest BCUT2D eigenvalue weighted by Gasteiger charge is 2.29. The molecule has 2 aliphatic carbocycles. The molecular weight excluding hydrogens is 196 g/mol. The second kappa shape index (κ2) is 5.50. The summed E-state index contributed by atoms with van der Waals surface area (Å²) >= 11 is 0. The highest BCUT2D eigenvalue weighted by atomic mass is 15.2. The zero-order chi connectivity index (χ0) is 11.5. The Morgan fingerprint density at radius 1 is 1.19 bits per heavy atom. The zero-order valence-electron chi connectivity index (χ0n) is 11.2. The Kier molecular flexibility index (Phi) is 4.26. The Balaban J connectivity index is 1.68. The lowest BCUT2D eigenvalue weighted by atomic mass is 9.86. The number of hydrogen-bond acceptors (Lipinski definition) is 2. The van der Waals surface area contributed by atoms with E-state index in [0.29, 0.717) is 6.04 Å². The van der Waals surface area contributed by atoms with Crippen LogP contribution in [-0.2, 0) is 0 Å². The van der Waals surface area contributed by atoms with E-state index in [9.17, 15) is 0 Å². The van der Waals surface area contributed by atoms with E-state index in [1.165, 1.54) is 45.1 Å². The lowest BCUT2D eigenvalue weighted by Crippen LogP contribution is -2.45. The van der Waals surface area contributed by atoms with E-state index < -0.39 is 0 Å². The van der Waals surface area contributed by atoms with Crippen molar-refractivity contribution in [3.05, 3.63) is 0 Å². The monoisotopic (exact) mass is 224 g/mol. The van der Waals surface area contributed by atoms with Gasteiger partial charge < -0.3 is 5.32 Å². The summed E-state index contributed by atoms with van der Waals surface area (Å²) in [7, 11) is 2.29. The average molecular weight is 224 g/mol. The molecule has 2 fully saturated rings. The molecule has 0 bridgehead atoms. The van der Waals surface area contributed by atoms with E-state index in [-0.39, 0.29) is 0 Å². The Bertz CT molecular complexity index is 213. The summed E-state index contributed by atoms with van der Waals surface area (Å²) in [5.41, 5.74) is 0. The number of hydrogen-bond donors (Lipinski definition) is 1. The Hall–Kier alpha value is -0.0800. The Labute approximate surface area is 101 Å². The molecule has 2 nitrogen and oxygen atoms in total. The van der Waals surface area contributed by atoms with E-state index in [1.54, 1.807) is 0 Å². The molecule has 0 radical (unpaired) electrons. The molecular formula is C14H28N2. The van der Waals surface area contributed by atoms with Gasteiger partial charge in [-0.05, 0) is 45.6 Å². The Morgan fingerprint density at radius 3 is 2.50 bits per heavy atom. The Morgan fingerprint density at radius 2 is 1.88 bits per heavy atom. The standard InChI is InChI=1S/C14H28N2/c1-11-6-4-5-7-14(11)15-10-12(2)16(3)13-8-9-13/h11-15H,4-10H2,1-3H3. The fraction of sp³-hybridized carbons (Fsp3) is 1.00. The second-order valence-corrected chi connectivity index (χ2v) is 6.02. The van der Waals surface area contributed by atoms with Crippen molar-refractivity contribution < 1.29 is 0 Å². The molecule has 0 aromatic heterocycles. The molecule has 0 amide bonds. The van der Waals surface area contributed by atoms with Crippen molar-refractivity contribution in [2.24, 2.45) is 5.92 Å². The minimum absolute atomic E-state index is 0.696. The van der Waals surface area contributed by atoms with Crippen LogP contribution in [0.5, 0.6) is 0 Å². The molecule has 0 spiro atoms. The number of nitrogens with one attached hydrogen (secondary N) is 1. The van der Waals surface area contributed by atoms with Gasteiger partial charge in [0.05, 0.1) is 0 Å². The van der Waals surface area contributed by atoms with Gasteiger partial charge in [-0.15, -0.1) is 0 Å². The highest BCUT2D eigenvalue weighted by Crippen LogP contribution is 2.27. The van der Waals surface area contributed by atoms with Crippen LogP contribution in [0.4, 0.5) is 0 Å². The first-order valence-corrected chi connectivity index (χ1v) is 7.14. The van der Waals surface area contributed by atoms with Crippen molar-refractivity contribution in [2.75, 3.05) is 13.6 Å². The van der Waals surface area contributed by atoms with Crippen LogP contribution < -0.4 is 5.32 Å². The fourth-order valence-corrected chi connectivity index (χ4v) is 2.93. The van der Waals surface area contributed by atoms with Gasteiger partial charge in [-0.1, -0.05) is 19.8 Å². The van der Waals surface area contributed by atoms with Gasteiger partial charge in [0, 0.05) is 24.7 Å². The predicted molar refractivity (Wildman–Crippen MR) is 69.7 cm³/mol. The molecule has 0 aromatic carbocycles. The summed E-state index contributed by atoms with van der Waals surface area (Å²) in [4.78, 5) is 2.56. The summed E-state index contributed by atoms with van der Waals surface area (Å²) in [5, 5.41) is 3.79. The first kappa shape index (κ1) is 12.4. The van der Waals surface area contributed by atoms with Gasteiger partial charge in [-0.25, -0.2) is 0 Å². The molecule has 16 heavy (non-hydrogen) atoms. The smallest absolute Gasteiger partial charge is 0.0192 e. The minimum atomic E-state index is 0.696. The molecule has 2 rings (SSSR count). The van der Waals surface area contributed by atoms with Crippen LogP contribution in [0, 0.1) is 5.92 Å². The molecule has 2 aliphatic rings. The maximum atomic E-state index is 3.79. The summed E-state index contributed by atoms with van der Waals surface area (Å²) in [6.45, 7) is 5.94. The molecule has 2 saturated carbocycles. The first-order valence-electron chi connectivity index (χ1n) is 7.14. The third-order valence-corrected chi connectivity index (χ3v) is 4.61. The molecule has 3 atom stereocenters. The third-order valence-electron chi connectivity index (χ3n) is 4.61. The SMILES string of the molecule is CC1CCCCC1NCC(C)N(C)C1CC1. The van der Waals surface area contributed by atoms with E-state index in [0.717, 1.165) is 18.0 Å². The molecule has 0 saturated heterocycles. The fourth-order valence-electron chi connectivity index (χ4n) is 2.93. The van der Waals surface area contributed by atoms with Crippen LogP contribution in [0.1, 0.15) is 52.4 Å². The normalized spacial score (nSPS) is 33.0. The van der Waals surface area contributed by atoms with Crippen molar-refractivity contribution in [1.29, 1.82) is 0 Å². The van der Waals surface area contributed by atoms with Crippen molar-refractivity contribution >= 4 is 0 Å². The van der Waals surface area contributed by atoms with E-state index in [4.69, 9.17) is 0 Å². The van der Waals surface area contributed by atoms with Gasteiger partial charge in [0.2, 0.25) is 0 Å². The maximum absolute atomic E-state index is 3.79. The number of likely N-dealkylation sites (N-methyl/N-ethyl adjacent to an activating group) is 1. The average Bonchev–Trinajstić information content (AvgIpc) is 3.10. The van der Waals surface area contributed by atoms with Crippen molar-refractivity contribution in [2.45, 2.75) is 70.5 Å². The molecule has 1 N–H and O–H groups in total. The van der Waals surface area contributed by atoms with E-state index in [2.05, 4.69) is 31.1 Å². The summed E-state index contributed by atoms with van der Waals surface area (Å²) < 4.78 is 0. The molecule has 94 valence electrons. The van der Waals surface area contributed by atoms with Crippen LogP contribution in [0.25, 0.3) is 0 Å². The summed E-state index contributed by atoms with van der Waals surface area (Å²) in [6.07, 6.45) is 8.51. The van der Waals surface area contributed by atoms with Gasteiger partial charge in [0.15, 0.2) is 0 Å². The molecule has 3 unspecified atom stereocenters. The lowest BCUT2D eigenvalue weighted by molar-refractivity contribution is 0.212. The number of rotatable bonds is 5. The third kappa shape index (κ3) is 3.21. The quantitative estimate of drug-likeness (QED) is 0.772. The second-order valence-electron chi connectivity index (χ2n) is 6.02. The molecule has 0 aliphatic heterocycles. The van der Waals surface area contributed by atoms with Crippen molar-refractivity contribution in [3.63, 3.8) is 0 Å². The maximum Gasteiger partial charge on any atom is 0.0192 e. The lowest BCUT2D eigenvalue weighted by Gasteiger charge is -2.32. The van der Waals surface area contributed by atoms with Crippen molar-refractivity contribution in [3.8, 4) is 0 Å². The highest BCUT2D eigenvalue weighted by molar-refractivity contribution is 4.87. The van der Waals surface area contributed by atoms with Crippen LogP contribution in [-0.4, -0.2) is 36.6 Å². The molecule has 2 heteroatoms. The van der Waals surface area contributed by atoms with Crippen LogP contribution in [0.3, 0.4) is 0 Å². The minimum Gasteiger partial charge on any atom is -0.312 e. The summed E-state index contributed by atoms with van der Waals surface area (Å²) in [6, 6.07) is 2.37. The number of nitrogens with zero attached hydrogens (tertiary/aromatic N) is 1. The molecule has 0 heterocycles. The zero-order valence-corrected chi connectivity index (χ0v) is 11.2. The van der Waals surface area contributed by atoms with E-state index in [1.807, 2.05) is 0 Å². The van der Waals surface area contributed by atoms with Gasteiger partial charge in [0.25, 0.3) is 0 Å². The van der Waals surface area contributed by atoms with Crippen LogP contribution in [0.15, 0.2) is 0 Å². The van der Waals surface area contributed by atoms with Gasteiger partial charge in [-0.3, -0.25) is 4.90 Å². The largest absolute Gasteiger partial charge is 0.312 e. The van der Waals surface area contributed by atoms with Crippen molar-refractivity contribution in [1.82, 2.24) is 10.2 Å². The van der Waals surface area contributed by atoms with Crippen LogP contribution in [0.2, 0.25) is 0 Å². The first-order chi connectivity index (χ1) is 7.68. The predicted octanol–water partition coefficient (Wildman–Crippen LogP) is 2.64. The molecule has 0 aromatic rings. The topological polar surface area (TPSA) is 15.3 Å². The summed E-state index contributed by atoms with van der Waals surface area (Å²) in [5.74, 6) is 0.882. The van der Waals surface area contributed by atoms with Gasteiger partial charge in [0.1, 0.15) is 0 Å².